The lowest BCUT2D eigenvalue weighted by Gasteiger charge is -2.10. The van der Waals surface area contributed by atoms with Crippen LogP contribution in [0.1, 0.15) is 5.56 Å². The van der Waals surface area contributed by atoms with Crippen molar-refractivity contribution in [2.75, 3.05) is 13.7 Å². The maximum absolute atomic E-state index is 12.0. The van der Waals surface area contributed by atoms with Crippen molar-refractivity contribution in [3.63, 3.8) is 0 Å². The number of hydrogen-bond donors (Lipinski definition) is 0. The molecule has 0 spiro atoms. The molecule has 6 nitrogen and oxygen atoms in total. The molecule has 140 valence electrons. The van der Waals surface area contributed by atoms with Gasteiger partial charge in [0.25, 0.3) is 0 Å². The third-order valence-electron chi connectivity index (χ3n) is 3.67. The summed E-state index contributed by atoms with van der Waals surface area (Å²) in [6.07, 6.45) is 0. The SMILES string of the molecule is COc1ccc2c(COC(=O)COc3ccc(Cl)cc3Cl)cc(=O)oc2c1. The summed E-state index contributed by atoms with van der Waals surface area (Å²) in [5.74, 6) is 0.250. The van der Waals surface area contributed by atoms with Gasteiger partial charge in [-0.25, -0.2) is 9.59 Å². The quantitative estimate of drug-likeness (QED) is 0.448. The van der Waals surface area contributed by atoms with Gasteiger partial charge in [0.2, 0.25) is 0 Å². The number of rotatable bonds is 6. The third kappa shape index (κ3) is 4.72. The number of carbonyl (C=O) groups is 1. The average Bonchev–Trinajstić information content (AvgIpc) is 2.64. The van der Waals surface area contributed by atoms with Gasteiger partial charge in [0.15, 0.2) is 6.61 Å². The minimum absolute atomic E-state index is 0.106. The maximum Gasteiger partial charge on any atom is 0.344 e. The van der Waals surface area contributed by atoms with Gasteiger partial charge in [0, 0.05) is 28.1 Å². The Labute approximate surface area is 164 Å². The first-order valence-corrected chi connectivity index (χ1v) is 8.56. The van der Waals surface area contributed by atoms with Crippen molar-refractivity contribution in [2.45, 2.75) is 6.61 Å². The van der Waals surface area contributed by atoms with Gasteiger partial charge in [-0.05, 0) is 30.3 Å². The first kappa shape index (κ1) is 19.1. The van der Waals surface area contributed by atoms with Crippen LogP contribution in [0, 0.1) is 0 Å². The van der Waals surface area contributed by atoms with Crippen molar-refractivity contribution < 1.29 is 23.4 Å². The van der Waals surface area contributed by atoms with E-state index in [-0.39, 0.29) is 18.2 Å². The summed E-state index contributed by atoms with van der Waals surface area (Å²) < 4.78 is 20.8. The summed E-state index contributed by atoms with van der Waals surface area (Å²) in [6.45, 7) is -0.445. The standard InChI is InChI=1S/C19H14Cl2O6/c1-24-13-3-4-14-11(6-18(22)27-17(14)8-13)9-26-19(23)10-25-16-5-2-12(20)7-15(16)21/h2-8H,9-10H2,1H3. The summed E-state index contributed by atoms with van der Waals surface area (Å²) in [7, 11) is 1.51. The van der Waals surface area contributed by atoms with Crippen LogP contribution >= 0.6 is 23.2 Å². The zero-order valence-corrected chi connectivity index (χ0v) is 15.7. The molecule has 0 aliphatic carbocycles. The first-order valence-electron chi connectivity index (χ1n) is 7.80. The molecule has 0 N–H and O–H groups in total. The van der Waals surface area contributed by atoms with Gasteiger partial charge in [-0.2, -0.15) is 0 Å². The van der Waals surface area contributed by atoms with E-state index in [1.54, 1.807) is 30.3 Å². The van der Waals surface area contributed by atoms with Crippen LogP contribution in [0.3, 0.4) is 0 Å². The number of methoxy groups -OCH3 is 1. The van der Waals surface area contributed by atoms with Crippen LogP contribution in [-0.2, 0) is 16.1 Å². The smallest absolute Gasteiger partial charge is 0.344 e. The highest BCUT2D eigenvalue weighted by Crippen LogP contribution is 2.27. The molecule has 0 atom stereocenters. The van der Waals surface area contributed by atoms with E-state index in [0.717, 1.165) is 0 Å². The van der Waals surface area contributed by atoms with Gasteiger partial charge in [0.1, 0.15) is 23.7 Å². The van der Waals surface area contributed by atoms with Gasteiger partial charge in [-0.3, -0.25) is 0 Å². The summed E-state index contributed by atoms with van der Waals surface area (Å²) in [6, 6.07) is 11.0. The molecule has 0 aliphatic rings. The molecule has 8 heteroatoms. The van der Waals surface area contributed by atoms with E-state index in [1.807, 2.05) is 0 Å². The molecule has 1 heterocycles. The molecule has 0 bridgehead atoms. The maximum atomic E-state index is 12.0. The van der Waals surface area contributed by atoms with Gasteiger partial charge in [0.05, 0.1) is 12.1 Å². The zero-order chi connectivity index (χ0) is 19.4. The fourth-order valence-electron chi connectivity index (χ4n) is 2.39. The Balaban J connectivity index is 1.67. The average molecular weight is 409 g/mol. The zero-order valence-electron chi connectivity index (χ0n) is 14.2. The summed E-state index contributed by atoms with van der Waals surface area (Å²) in [5, 5.41) is 1.39. The van der Waals surface area contributed by atoms with Crippen molar-refractivity contribution >= 4 is 40.1 Å². The minimum atomic E-state index is -0.615. The van der Waals surface area contributed by atoms with Gasteiger partial charge >= 0.3 is 11.6 Å². The molecule has 1 aromatic heterocycles. The number of hydrogen-bond acceptors (Lipinski definition) is 6. The van der Waals surface area contributed by atoms with Crippen molar-refractivity contribution in [2.24, 2.45) is 0 Å². The molecule has 0 aliphatic heterocycles. The molecule has 0 saturated heterocycles. The van der Waals surface area contributed by atoms with Crippen molar-refractivity contribution in [3.8, 4) is 11.5 Å². The predicted octanol–water partition coefficient (Wildman–Crippen LogP) is 4.23. The van der Waals surface area contributed by atoms with Crippen LogP contribution in [-0.4, -0.2) is 19.7 Å². The van der Waals surface area contributed by atoms with E-state index >= 15 is 0 Å². The molecular weight excluding hydrogens is 395 g/mol. The van der Waals surface area contributed by atoms with Crippen LogP contribution in [0.2, 0.25) is 10.0 Å². The number of benzene rings is 2. The summed E-state index contributed by atoms with van der Waals surface area (Å²) in [4.78, 5) is 23.7. The number of carbonyl (C=O) groups excluding carboxylic acids is 1. The Hall–Kier alpha value is -2.70. The Morgan fingerprint density at radius 1 is 1.11 bits per heavy atom. The minimum Gasteiger partial charge on any atom is -0.497 e. The molecule has 27 heavy (non-hydrogen) atoms. The highest BCUT2D eigenvalue weighted by molar-refractivity contribution is 6.35. The van der Waals surface area contributed by atoms with Crippen LogP contribution in [0.5, 0.6) is 11.5 Å². The van der Waals surface area contributed by atoms with E-state index in [0.29, 0.717) is 33.1 Å². The third-order valence-corrected chi connectivity index (χ3v) is 4.20. The van der Waals surface area contributed by atoms with E-state index in [9.17, 15) is 9.59 Å². The number of ether oxygens (including phenoxy) is 3. The van der Waals surface area contributed by atoms with Crippen LogP contribution in [0.4, 0.5) is 0 Å². The largest absolute Gasteiger partial charge is 0.497 e. The fourth-order valence-corrected chi connectivity index (χ4v) is 2.85. The fraction of sp³-hybridized carbons (Fsp3) is 0.158. The molecule has 0 amide bonds. The molecular formula is C19H14Cl2O6. The number of halogens is 2. The summed E-state index contributed by atoms with van der Waals surface area (Å²) >= 11 is 11.8. The Morgan fingerprint density at radius 2 is 1.93 bits per heavy atom. The lowest BCUT2D eigenvalue weighted by Crippen LogP contribution is -2.15. The predicted molar refractivity (Wildman–Crippen MR) is 101 cm³/mol. The van der Waals surface area contributed by atoms with Gasteiger partial charge in [-0.15, -0.1) is 0 Å². The Bertz CT molecular complexity index is 1040. The lowest BCUT2D eigenvalue weighted by molar-refractivity contribution is -0.147. The second-order valence-corrected chi connectivity index (χ2v) is 6.32. The second-order valence-electron chi connectivity index (χ2n) is 5.48. The van der Waals surface area contributed by atoms with Crippen LogP contribution in [0.25, 0.3) is 11.0 Å². The molecule has 0 fully saturated rings. The normalized spacial score (nSPS) is 10.6. The molecule has 3 rings (SSSR count). The molecule has 2 aromatic carbocycles. The number of fused-ring (bicyclic) bond motifs is 1. The van der Waals surface area contributed by atoms with Gasteiger partial charge < -0.3 is 18.6 Å². The highest BCUT2D eigenvalue weighted by Gasteiger charge is 2.11. The monoisotopic (exact) mass is 408 g/mol. The number of esters is 1. The summed E-state index contributed by atoms with van der Waals surface area (Å²) in [5.41, 5.74) is 0.310. The Morgan fingerprint density at radius 3 is 2.67 bits per heavy atom. The van der Waals surface area contributed by atoms with E-state index in [1.165, 1.54) is 19.2 Å². The first-order chi connectivity index (χ1) is 13.0. The molecule has 0 unspecified atom stereocenters. The topological polar surface area (TPSA) is 75.0 Å². The highest BCUT2D eigenvalue weighted by atomic mass is 35.5. The van der Waals surface area contributed by atoms with E-state index in [4.69, 9.17) is 41.8 Å². The van der Waals surface area contributed by atoms with Gasteiger partial charge in [-0.1, -0.05) is 23.2 Å². The molecule has 0 saturated carbocycles. The lowest BCUT2D eigenvalue weighted by atomic mass is 10.1. The van der Waals surface area contributed by atoms with Crippen molar-refractivity contribution in [3.05, 3.63) is 68.5 Å². The van der Waals surface area contributed by atoms with Crippen LogP contribution in [0.15, 0.2) is 51.7 Å². The van der Waals surface area contributed by atoms with Crippen LogP contribution < -0.4 is 15.1 Å². The van der Waals surface area contributed by atoms with E-state index in [2.05, 4.69) is 0 Å². The van der Waals surface area contributed by atoms with Crippen molar-refractivity contribution in [1.82, 2.24) is 0 Å². The molecule has 3 aromatic rings. The van der Waals surface area contributed by atoms with E-state index < -0.39 is 11.6 Å². The second kappa shape index (κ2) is 8.33. The van der Waals surface area contributed by atoms with Crippen molar-refractivity contribution in [1.29, 1.82) is 0 Å². The Kier molecular flexibility index (Phi) is 5.88. The molecule has 0 radical (unpaired) electrons.